The lowest BCUT2D eigenvalue weighted by Gasteiger charge is -2.32. The van der Waals surface area contributed by atoms with E-state index in [1.54, 1.807) is 17.0 Å². The minimum Gasteiger partial charge on any atom is -0.484 e. The Morgan fingerprint density at radius 1 is 0.943 bits per heavy atom. The number of benzene rings is 3. The molecule has 0 spiro atoms. The van der Waals surface area contributed by atoms with Gasteiger partial charge in [0.25, 0.3) is 5.91 Å². The van der Waals surface area contributed by atoms with E-state index in [1.807, 2.05) is 87.5 Å². The summed E-state index contributed by atoms with van der Waals surface area (Å²) in [5, 5.41) is 3.68. The first-order valence-corrected chi connectivity index (χ1v) is 12.3. The summed E-state index contributed by atoms with van der Waals surface area (Å²) in [5.74, 6) is 0.209. The van der Waals surface area contributed by atoms with E-state index >= 15 is 0 Å². The molecule has 3 aromatic carbocycles. The van der Waals surface area contributed by atoms with Gasteiger partial charge < -0.3 is 15.0 Å². The summed E-state index contributed by atoms with van der Waals surface area (Å²) in [6.45, 7) is 6.01. The summed E-state index contributed by atoms with van der Waals surface area (Å²) in [5.41, 5.74) is 2.80. The van der Waals surface area contributed by atoms with E-state index in [1.165, 1.54) is 0 Å². The van der Waals surface area contributed by atoms with Gasteiger partial charge in [0.15, 0.2) is 6.61 Å². The Morgan fingerprint density at radius 3 is 2.26 bits per heavy atom. The third-order valence-electron chi connectivity index (χ3n) is 5.98. The predicted molar refractivity (Wildman–Crippen MR) is 141 cm³/mol. The number of carbonyl (C=O) groups is 2. The van der Waals surface area contributed by atoms with E-state index in [2.05, 4.69) is 5.32 Å². The Balaban J connectivity index is 1.91. The fourth-order valence-electron chi connectivity index (χ4n) is 3.72. The first-order chi connectivity index (χ1) is 16.9. The molecule has 3 aromatic rings. The molecule has 2 atom stereocenters. The van der Waals surface area contributed by atoms with Crippen molar-refractivity contribution in [3.63, 3.8) is 0 Å². The summed E-state index contributed by atoms with van der Waals surface area (Å²) < 4.78 is 5.87. The van der Waals surface area contributed by atoms with Gasteiger partial charge in [-0.2, -0.15) is 0 Å². The van der Waals surface area contributed by atoms with E-state index in [-0.39, 0.29) is 31.0 Å². The molecule has 0 aliphatic carbocycles. The predicted octanol–water partition coefficient (Wildman–Crippen LogP) is 5.58. The van der Waals surface area contributed by atoms with E-state index < -0.39 is 6.04 Å². The number of aryl methyl sites for hydroxylation is 1. The molecule has 0 saturated carbocycles. The van der Waals surface area contributed by atoms with E-state index in [9.17, 15) is 9.59 Å². The first kappa shape index (κ1) is 26.3. The van der Waals surface area contributed by atoms with Gasteiger partial charge in [-0.05, 0) is 55.2 Å². The molecule has 1 N–H and O–H groups in total. The fraction of sp³-hybridized carbons (Fsp3) is 0.310. The Kier molecular flexibility index (Phi) is 9.74. The number of nitrogens with zero attached hydrogens (tertiary/aromatic N) is 1. The Hall–Kier alpha value is -3.31. The van der Waals surface area contributed by atoms with Crippen LogP contribution in [0.4, 0.5) is 0 Å². The lowest BCUT2D eigenvalue weighted by Crippen LogP contribution is -2.53. The number of hydrogen-bond donors (Lipinski definition) is 1. The van der Waals surface area contributed by atoms with Crippen LogP contribution in [0.5, 0.6) is 5.75 Å². The highest BCUT2D eigenvalue weighted by molar-refractivity contribution is 6.30. The van der Waals surface area contributed by atoms with Gasteiger partial charge in [0.2, 0.25) is 5.91 Å². The molecule has 184 valence electrons. The zero-order chi connectivity index (χ0) is 25.2. The standard InChI is InChI=1S/C29H33ClN2O3/c1-4-22(3)31-29(34)26(18-23-11-6-5-7-12-23)32(19-24-14-16-25(30)17-15-24)28(33)20-35-27-13-9-8-10-21(27)2/h5-17,22,26H,4,18-20H2,1-3H3,(H,31,34). The van der Waals surface area contributed by atoms with Crippen LogP contribution >= 0.6 is 11.6 Å². The smallest absolute Gasteiger partial charge is 0.261 e. The van der Waals surface area contributed by atoms with Gasteiger partial charge in [0.05, 0.1) is 0 Å². The third-order valence-corrected chi connectivity index (χ3v) is 6.24. The number of amides is 2. The van der Waals surface area contributed by atoms with E-state index in [4.69, 9.17) is 16.3 Å². The number of nitrogens with one attached hydrogen (secondary N) is 1. The van der Waals surface area contributed by atoms with Crippen molar-refractivity contribution < 1.29 is 14.3 Å². The second-order valence-electron chi connectivity index (χ2n) is 8.73. The quantitative estimate of drug-likeness (QED) is 0.380. The van der Waals surface area contributed by atoms with Crippen LogP contribution in [0.3, 0.4) is 0 Å². The van der Waals surface area contributed by atoms with Gasteiger partial charge in [0, 0.05) is 24.0 Å². The maximum absolute atomic E-state index is 13.6. The molecule has 0 heterocycles. The van der Waals surface area contributed by atoms with Gasteiger partial charge >= 0.3 is 0 Å². The number of carbonyl (C=O) groups excluding carboxylic acids is 2. The average molecular weight is 493 g/mol. The summed E-state index contributed by atoms with van der Waals surface area (Å²) in [7, 11) is 0. The molecule has 2 amide bonds. The monoisotopic (exact) mass is 492 g/mol. The van der Waals surface area contributed by atoms with E-state index in [0.717, 1.165) is 23.1 Å². The summed E-state index contributed by atoms with van der Waals surface area (Å²) in [4.78, 5) is 28.7. The van der Waals surface area contributed by atoms with Crippen molar-refractivity contribution in [3.05, 3.63) is 101 Å². The summed E-state index contributed by atoms with van der Waals surface area (Å²) in [6.07, 6.45) is 1.19. The molecular formula is C29H33ClN2O3. The normalized spacial score (nSPS) is 12.5. The van der Waals surface area contributed by atoms with Crippen LogP contribution in [-0.2, 0) is 22.6 Å². The van der Waals surface area contributed by atoms with Gasteiger partial charge in [0.1, 0.15) is 11.8 Å². The Bertz CT molecular complexity index is 1100. The van der Waals surface area contributed by atoms with Crippen molar-refractivity contribution in [3.8, 4) is 5.75 Å². The molecular weight excluding hydrogens is 460 g/mol. The molecule has 0 fully saturated rings. The van der Waals surface area contributed by atoms with E-state index in [0.29, 0.717) is 17.2 Å². The van der Waals surface area contributed by atoms with Gasteiger partial charge in [-0.15, -0.1) is 0 Å². The number of halogens is 1. The molecule has 35 heavy (non-hydrogen) atoms. The highest BCUT2D eigenvalue weighted by Crippen LogP contribution is 2.19. The Labute approximate surface area is 213 Å². The largest absolute Gasteiger partial charge is 0.484 e. The van der Waals surface area contributed by atoms with Crippen LogP contribution in [0.15, 0.2) is 78.9 Å². The fourth-order valence-corrected chi connectivity index (χ4v) is 3.85. The third kappa shape index (κ3) is 7.86. The van der Waals surface area contributed by atoms with Crippen molar-refractivity contribution in [2.75, 3.05) is 6.61 Å². The SMILES string of the molecule is CCC(C)NC(=O)C(Cc1ccccc1)N(Cc1ccc(Cl)cc1)C(=O)COc1ccccc1C. The topological polar surface area (TPSA) is 58.6 Å². The van der Waals surface area contributed by atoms with Crippen LogP contribution in [0.1, 0.15) is 37.0 Å². The highest BCUT2D eigenvalue weighted by atomic mass is 35.5. The molecule has 0 bridgehead atoms. The first-order valence-electron chi connectivity index (χ1n) is 11.9. The zero-order valence-corrected chi connectivity index (χ0v) is 21.3. The van der Waals surface area contributed by atoms with Crippen molar-refractivity contribution in [2.24, 2.45) is 0 Å². The second-order valence-corrected chi connectivity index (χ2v) is 9.16. The Morgan fingerprint density at radius 2 is 1.60 bits per heavy atom. The van der Waals surface area contributed by atoms with Crippen LogP contribution in [0, 0.1) is 6.92 Å². The molecule has 6 heteroatoms. The van der Waals surface area contributed by atoms with Gasteiger partial charge in [-0.3, -0.25) is 9.59 Å². The molecule has 2 unspecified atom stereocenters. The summed E-state index contributed by atoms with van der Waals surface area (Å²) >= 11 is 6.07. The van der Waals surface area contributed by atoms with Gasteiger partial charge in [-0.25, -0.2) is 0 Å². The van der Waals surface area contributed by atoms with Crippen LogP contribution in [0.25, 0.3) is 0 Å². The lowest BCUT2D eigenvalue weighted by atomic mass is 10.0. The minimum atomic E-state index is -0.699. The maximum Gasteiger partial charge on any atom is 0.261 e. The van der Waals surface area contributed by atoms with Crippen molar-refractivity contribution >= 4 is 23.4 Å². The van der Waals surface area contributed by atoms with Gasteiger partial charge in [-0.1, -0.05) is 79.2 Å². The van der Waals surface area contributed by atoms with Crippen molar-refractivity contribution in [2.45, 2.75) is 52.2 Å². The second kappa shape index (κ2) is 13.0. The molecule has 0 aliphatic rings. The maximum atomic E-state index is 13.6. The number of ether oxygens (including phenoxy) is 1. The van der Waals surface area contributed by atoms with Crippen LogP contribution < -0.4 is 10.1 Å². The van der Waals surface area contributed by atoms with Crippen molar-refractivity contribution in [1.82, 2.24) is 10.2 Å². The number of para-hydroxylation sites is 1. The zero-order valence-electron chi connectivity index (χ0n) is 20.5. The molecule has 5 nitrogen and oxygen atoms in total. The minimum absolute atomic E-state index is 0.00326. The summed E-state index contributed by atoms with van der Waals surface area (Å²) in [6, 6.07) is 23.9. The molecule has 3 rings (SSSR count). The number of rotatable bonds is 11. The lowest BCUT2D eigenvalue weighted by molar-refractivity contribution is -0.143. The van der Waals surface area contributed by atoms with Crippen LogP contribution in [0.2, 0.25) is 5.02 Å². The molecule has 0 aromatic heterocycles. The van der Waals surface area contributed by atoms with Crippen molar-refractivity contribution in [1.29, 1.82) is 0 Å². The molecule has 0 aliphatic heterocycles. The van der Waals surface area contributed by atoms with Crippen LogP contribution in [-0.4, -0.2) is 35.4 Å². The molecule has 0 saturated heterocycles. The molecule has 0 radical (unpaired) electrons. The number of hydrogen-bond acceptors (Lipinski definition) is 3. The average Bonchev–Trinajstić information content (AvgIpc) is 2.87. The highest BCUT2D eigenvalue weighted by Gasteiger charge is 2.31.